The van der Waals surface area contributed by atoms with E-state index in [1.165, 1.54) is 0 Å². The molecule has 4 heteroatoms. The molecule has 0 radical (unpaired) electrons. The van der Waals surface area contributed by atoms with Gasteiger partial charge in [-0.05, 0) is 44.3 Å². The smallest absolute Gasteiger partial charge is 0.0653 e. The van der Waals surface area contributed by atoms with E-state index in [0.717, 1.165) is 0 Å². The molecule has 1 aliphatic heterocycles. The predicted octanol–water partition coefficient (Wildman–Crippen LogP) is 10.1. The monoisotopic (exact) mass is 632 g/mol. The molecular formula is C40H40Si4. The third kappa shape index (κ3) is 2.94. The van der Waals surface area contributed by atoms with Crippen molar-refractivity contribution >= 4 is 28.4 Å². The molecule has 0 saturated carbocycles. The van der Waals surface area contributed by atoms with E-state index in [0.29, 0.717) is 44.3 Å². The molecule has 0 atom stereocenters. The van der Waals surface area contributed by atoms with Crippen LogP contribution < -0.4 is 0 Å². The first-order chi connectivity index (χ1) is 21.8. The summed E-state index contributed by atoms with van der Waals surface area (Å²) in [7, 11) is -9.28. The molecule has 216 valence electrons. The Hall–Kier alpha value is -3.29. The van der Waals surface area contributed by atoms with Crippen LogP contribution >= 0.6 is 0 Å². The second kappa shape index (κ2) is 10.1. The van der Waals surface area contributed by atoms with Gasteiger partial charge in [-0.1, -0.05) is 194 Å². The molecule has 0 aromatic heterocycles. The maximum Gasteiger partial charge on any atom is 0.0653 e. The van der Waals surface area contributed by atoms with Gasteiger partial charge in [0.15, 0.2) is 0 Å². The fourth-order valence-corrected chi connectivity index (χ4v) is 158. The van der Waals surface area contributed by atoms with E-state index in [-0.39, 0.29) is 0 Å². The number of hydrogen-bond donors (Lipinski definition) is 0. The summed E-state index contributed by atoms with van der Waals surface area (Å²) in [6, 6.07) is 0. The molecule has 0 nitrogen and oxygen atoms in total. The summed E-state index contributed by atoms with van der Waals surface area (Å²) >= 11 is 0. The van der Waals surface area contributed by atoms with Gasteiger partial charge < -0.3 is 0 Å². The van der Waals surface area contributed by atoms with Crippen LogP contribution in [-0.2, 0) is 0 Å². The van der Waals surface area contributed by atoms with Crippen molar-refractivity contribution in [2.45, 2.75) is 44.3 Å². The molecule has 0 bridgehead atoms. The summed E-state index contributed by atoms with van der Waals surface area (Å²) < 4.78 is 0. The van der Waals surface area contributed by atoms with Crippen molar-refractivity contribution in [3.05, 3.63) is 194 Å². The highest BCUT2D eigenvalue weighted by Crippen LogP contribution is 2.81. The highest BCUT2D eigenvalue weighted by Gasteiger charge is 2.97. The molecule has 1 saturated heterocycles. The zero-order valence-corrected chi connectivity index (χ0v) is 29.1. The van der Waals surface area contributed by atoms with Gasteiger partial charge in [0.25, 0.3) is 0 Å². The average Bonchev–Trinajstić information content (AvgIpc) is 3.91. The normalized spacial score (nSPS) is 30.2. The second-order valence-electron chi connectivity index (χ2n) is 13.8. The minimum Gasteiger partial charge on any atom is -0.0809 e. The zero-order valence-electron chi connectivity index (χ0n) is 25.1. The summed E-state index contributed by atoms with van der Waals surface area (Å²) in [5, 5.41) is 0. The maximum absolute atomic E-state index is 2.71. The Morgan fingerprint density at radius 3 is 0.341 bits per heavy atom. The lowest BCUT2D eigenvalue weighted by Gasteiger charge is -2.88. The van der Waals surface area contributed by atoms with Gasteiger partial charge >= 0.3 is 0 Å². The Balaban J connectivity index is 1.53. The Labute approximate surface area is 266 Å². The lowest BCUT2D eigenvalue weighted by Crippen LogP contribution is -3.12. The van der Waals surface area contributed by atoms with Gasteiger partial charge in [0, 0.05) is 0 Å². The van der Waals surface area contributed by atoms with Crippen LogP contribution in [0.2, 0.25) is 44.3 Å². The van der Waals surface area contributed by atoms with Crippen LogP contribution in [-0.4, -0.2) is 28.4 Å². The molecular weight excluding hydrogens is 593 g/mol. The van der Waals surface area contributed by atoms with Gasteiger partial charge in [0.2, 0.25) is 0 Å². The Morgan fingerprint density at radius 2 is 0.250 bits per heavy atom. The first kappa shape index (κ1) is 27.1. The standard InChI is InChI=1S/C40H40Si4/c1-2-18-33(17-1)41(34-19-3-4-20-34)42(35-21-5-6-22-35,36-23-7-8-24-36)44(39-29-13-14-30-39,40-31-15-16-32-40)43(41,37-25-9-10-26-37)38-27-11-12-28-38/h1-40H. The van der Waals surface area contributed by atoms with Crippen molar-refractivity contribution in [1.29, 1.82) is 0 Å². The zero-order chi connectivity index (χ0) is 29.2. The molecule has 0 amide bonds. The van der Waals surface area contributed by atoms with Crippen molar-refractivity contribution in [1.82, 2.24) is 0 Å². The van der Waals surface area contributed by atoms with Crippen LogP contribution in [0.1, 0.15) is 0 Å². The Bertz CT molecular complexity index is 1260. The third-order valence-electron chi connectivity index (χ3n) is 12.9. The Kier molecular flexibility index (Phi) is 6.22. The minimum absolute atomic E-state index is 0.567. The topological polar surface area (TPSA) is 0 Å². The molecule has 8 aliphatic carbocycles. The van der Waals surface area contributed by atoms with E-state index < -0.39 is 28.4 Å². The van der Waals surface area contributed by atoms with Gasteiger partial charge in [-0.25, -0.2) is 0 Å². The molecule has 0 N–H and O–H groups in total. The summed E-state index contributed by atoms with van der Waals surface area (Å²) in [5.74, 6) is 0. The van der Waals surface area contributed by atoms with E-state index >= 15 is 0 Å². The van der Waals surface area contributed by atoms with Gasteiger partial charge in [-0.3, -0.25) is 0 Å². The van der Waals surface area contributed by atoms with Crippen LogP contribution in [0.5, 0.6) is 0 Å². The highest BCUT2D eigenvalue weighted by molar-refractivity contribution is 8.16. The quantitative estimate of drug-likeness (QED) is 0.234. The van der Waals surface area contributed by atoms with Crippen LogP contribution in [0.15, 0.2) is 194 Å². The molecule has 0 unspecified atom stereocenters. The van der Waals surface area contributed by atoms with Crippen LogP contribution in [0.4, 0.5) is 0 Å². The SMILES string of the molecule is C1=CC([Si]2(C3C=CC=C3)[Si](C3C=CC=C3)(C3C=CC=C3)[Si](C3C=CC=C3)(C3C=CC=C3)[Si]2(C2C=CC=C2)C2C=CC=C2)C=C1. The first-order valence-corrected chi connectivity index (χ1v) is 29.3. The van der Waals surface area contributed by atoms with Crippen LogP contribution in [0, 0.1) is 0 Å². The fourth-order valence-electron chi connectivity index (χ4n) is 12.5. The van der Waals surface area contributed by atoms with Gasteiger partial charge in [0.1, 0.15) is 0 Å². The van der Waals surface area contributed by atoms with Crippen molar-refractivity contribution in [2.75, 3.05) is 0 Å². The maximum atomic E-state index is 2.71. The highest BCUT2D eigenvalue weighted by atomic mass is 30.2. The minimum atomic E-state index is -2.32. The predicted molar refractivity (Wildman–Crippen MR) is 199 cm³/mol. The van der Waals surface area contributed by atoms with Gasteiger partial charge in [0.05, 0.1) is 28.4 Å². The molecule has 0 aromatic carbocycles. The lowest BCUT2D eigenvalue weighted by molar-refractivity contribution is 1.08. The van der Waals surface area contributed by atoms with Gasteiger partial charge in [-0.15, -0.1) is 0 Å². The molecule has 44 heavy (non-hydrogen) atoms. The number of rotatable bonds is 8. The third-order valence-corrected chi connectivity index (χ3v) is 101. The summed E-state index contributed by atoms with van der Waals surface area (Å²) in [5.41, 5.74) is 4.53. The van der Waals surface area contributed by atoms with Gasteiger partial charge in [-0.2, -0.15) is 0 Å². The number of allylic oxidation sites excluding steroid dienone is 32. The van der Waals surface area contributed by atoms with E-state index in [2.05, 4.69) is 194 Å². The van der Waals surface area contributed by atoms with E-state index in [1.807, 2.05) is 0 Å². The molecule has 0 aromatic rings. The lowest BCUT2D eigenvalue weighted by atomic mass is 10.4. The molecule has 9 rings (SSSR count). The summed E-state index contributed by atoms with van der Waals surface area (Å²) in [6.45, 7) is 0. The largest absolute Gasteiger partial charge is 0.0809 e. The van der Waals surface area contributed by atoms with Crippen LogP contribution in [0.3, 0.4) is 0 Å². The van der Waals surface area contributed by atoms with Crippen molar-refractivity contribution < 1.29 is 0 Å². The van der Waals surface area contributed by atoms with Crippen molar-refractivity contribution in [2.24, 2.45) is 0 Å². The van der Waals surface area contributed by atoms with Crippen molar-refractivity contribution in [3.63, 3.8) is 0 Å². The van der Waals surface area contributed by atoms with E-state index in [4.69, 9.17) is 0 Å². The molecule has 1 fully saturated rings. The average molecular weight is 633 g/mol. The molecule has 0 spiro atoms. The first-order valence-electron chi connectivity index (χ1n) is 16.6. The van der Waals surface area contributed by atoms with E-state index in [1.54, 1.807) is 0 Å². The summed E-state index contributed by atoms with van der Waals surface area (Å²) in [6.07, 6.45) is 82.2. The molecule has 9 aliphatic rings. The van der Waals surface area contributed by atoms with E-state index in [9.17, 15) is 0 Å². The second-order valence-corrected chi connectivity index (χ2v) is 52.0. The fraction of sp³-hybridized carbons (Fsp3) is 0.200. The van der Waals surface area contributed by atoms with Crippen LogP contribution in [0.25, 0.3) is 0 Å². The number of hydrogen-bond acceptors (Lipinski definition) is 0. The summed E-state index contributed by atoms with van der Waals surface area (Å²) in [4.78, 5) is 0. The molecule has 1 heterocycles. The van der Waals surface area contributed by atoms with Crippen molar-refractivity contribution in [3.8, 4) is 0 Å². The Morgan fingerprint density at radius 1 is 0.159 bits per heavy atom.